The van der Waals surface area contributed by atoms with Gasteiger partial charge in [-0.1, -0.05) is 44.5 Å². The number of benzene rings is 2. The lowest BCUT2D eigenvalue weighted by Crippen LogP contribution is -2.62. The molecule has 18 N–H and O–H groups in total. The lowest BCUT2D eigenvalue weighted by molar-refractivity contribution is -0.143. The summed E-state index contributed by atoms with van der Waals surface area (Å²) >= 11 is 0. The standard InChI is InChI=1S/C49H75N11O14/c1-3-28(2)41(48(72)54-34(10-5-7-21-51)42(66)53-33(9-4-6-20-50)43(67)58-38(27-62)49(73)74)59-46(70)37(26-61)57-45(69)35(23-29-12-16-31(63)17-13-29)55-44(68)36(24-30-14-18-32(64)19-15-30)56-47(71)39-11-8-22-60(39)40(65)25-52/h12-19,28,33-39,41,61-64H,3-11,20-27,50-52H2,1-2H3,(H,53,66)(H,54,72)(H,55,68)(H,56,71)(H,57,69)(H,58,67)(H,59,70)(H,73,74)/t28-,33-,34-,35-,36-,37-,38-,39-,41-/m0/s1. The molecule has 3 rings (SSSR count). The first-order valence-corrected chi connectivity index (χ1v) is 24.8. The second-order valence-corrected chi connectivity index (χ2v) is 18.2. The first-order chi connectivity index (χ1) is 35.3. The fourth-order valence-electron chi connectivity index (χ4n) is 8.09. The van der Waals surface area contributed by atoms with Crippen LogP contribution in [0.2, 0.25) is 0 Å². The van der Waals surface area contributed by atoms with E-state index in [0.717, 1.165) is 0 Å². The SMILES string of the molecule is CC[C@H](C)[C@H](NC(=O)[C@H](CO)NC(=O)[C@H](Cc1ccc(O)cc1)NC(=O)[C@H](Cc1ccc(O)cc1)NC(=O)[C@@H]1CCCN1C(=O)CN)C(=O)N[C@@H](CCCCN)C(=O)N[C@@H](CCCCN)C(=O)N[C@@H](CO)C(=O)O. The summed E-state index contributed by atoms with van der Waals surface area (Å²) < 4.78 is 0. The number of aliphatic carboxylic acids is 1. The maximum absolute atomic E-state index is 14.3. The van der Waals surface area contributed by atoms with Crippen LogP contribution < -0.4 is 54.4 Å². The van der Waals surface area contributed by atoms with Crippen LogP contribution >= 0.6 is 0 Å². The molecule has 8 amide bonds. The van der Waals surface area contributed by atoms with Gasteiger partial charge in [0, 0.05) is 19.4 Å². The number of carboxylic acid groups (broad SMARTS) is 1. The van der Waals surface area contributed by atoms with Gasteiger partial charge in [-0.05, 0) is 106 Å². The van der Waals surface area contributed by atoms with E-state index in [9.17, 15) is 68.7 Å². The number of amides is 8. The average molecular weight is 1040 g/mol. The number of nitrogens with zero attached hydrogens (tertiary/aromatic N) is 1. The van der Waals surface area contributed by atoms with Gasteiger partial charge in [0.2, 0.25) is 47.3 Å². The molecular weight excluding hydrogens is 967 g/mol. The molecule has 0 aromatic heterocycles. The lowest BCUT2D eigenvalue weighted by atomic mass is 9.96. The molecule has 2 aromatic rings. The van der Waals surface area contributed by atoms with Gasteiger partial charge in [0.15, 0.2) is 0 Å². The highest BCUT2D eigenvalue weighted by Gasteiger charge is 2.38. The maximum atomic E-state index is 14.3. The molecule has 74 heavy (non-hydrogen) atoms. The third-order valence-electron chi connectivity index (χ3n) is 12.6. The Bertz CT molecular complexity index is 2180. The quantitative estimate of drug-likeness (QED) is 0.0318. The topological polar surface area (TPSA) is 420 Å². The molecule has 2 aromatic carbocycles. The number of aliphatic hydroxyl groups is 2. The number of unbranched alkanes of at least 4 members (excludes halogenated alkanes) is 2. The van der Waals surface area contributed by atoms with Crippen molar-refractivity contribution in [1.82, 2.24) is 42.1 Å². The molecular formula is C49H75N11O14. The number of likely N-dealkylation sites (tertiary alicyclic amines) is 1. The Morgan fingerprint density at radius 2 is 1.00 bits per heavy atom. The van der Waals surface area contributed by atoms with Crippen molar-refractivity contribution in [2.75, 3.05) is 39.4 Å². The minimum absolute atomic E-state index is 0.0252. The first-order valence-electron chi connectivity index (χ1n) is 24.8. The molecule has 0 radical (unpaired) electrons. The van der Waals surface area contributed by atoms with E-state index in [4.69, 9.17) is 17.2 Å². The number of hydrogen-bond acceptors (Lipinski definition) is 16. The van der Waals surface area contributed by atoms with Crippen molar-refractivity contribution in [1.29, 1.82) is 0 Å². The van der Waals surface area contributed by atoms with Crippen molar-refractivity contribution < 1.29 is 68.7 Å². The molecule has 0 bridgehead atoms. The smallest absolute Gasteiger partial charge is 0.328 e. The van der Waals surface area contributed by atoms with Gasteiger partial charge in [-0.3, -0.25) is 38.4 Å². The molecule has 25 nitrogen and oxygen atoms in total. The Morgan fingerprint density at radius 3 is 1.45 bits per heavy atom. The van der Waals surface area contributed by atoms with Gasteiger partial charge in [0.25, 0.3) is 0 Å². The largest absolute Gasteiger partial charge is 0.508 e. The van der Waals surface area contributed by atoms with E-state index in [0.29, 0.717) is 56.1 Å². The summed E-state index contributed by atoms with van der Waals surface area (Å²) in [5.41, 5.74) is 17.9. The molecule has 0 aliphatic carbocycles. The third-order valence-corrected chi connectivity index (χ3v) is 12.6. The van der Waals surface area contributed by atoms with Gasteiger partial charge in [-0.2, -0.15) is 0 Å². The van der Waals surface area contributed by atoms with E-state index < -0.39 is 121 Å². The number of phenolic OH excluding ortho intramolecular Hbond substituents is 2. The number of nitrogens with one attached hydrogen (secondary N) is 7. The monoisotopic (exact) mass is 1040 g/mol. The summed E-state index contributed by atoms with van der Waals surface area (Å²) in [4.78, 5) is 123. The molecule has 25 heteroatoms. The average Bonchev–Trinajstić information content (AvgIpc) is 3.89. The zero-order valence-electron chi connectivity index (χ0n) is 41.9. The number of aliphatic hydroxyl groups excluding tert-OH is 2. The van der Waals surface area contributed by atoms with Crippen LogP contribution in [0.1, 0.15) is 82.8 Å². The number of carbonyl (C=O) groups excluding carboxylic acids is 8. The zero-order chi connectivity index (χ0) is 54.9. The lowest BCUT2D eigenvalue weighted by Gasteiger charge is -2.29. The number of phenols is 2. The zero-order valence-corrected chi connectivity index (χ0v) is 41.9. The van der Waals surface area contributed by atoms with Crippen molar-refractivity contribution in [3.8, 4) is 11.5 Å². The summed E-state index contributed by atoms with van der Waals surface area (Å²) in [7, 11) is 0. The van der Waals surface area contributed by atoms with Crippen molar-refractivity contribution in [3.05, 3.63) is 59.7 Å². The summed E-state index contributed by atoms with van der Waals surface area (Å²) in [6.07, 6.45) is 2.39. The molecule has 0 unspecified atom stereocenters. The Morgan fingerprint density at radius 1 is 0.581 bits per heavy atom. The maximum Gasteiger partial charge on any atom is 0.328 e. The Hall–Kier alpha value is -6.93. The van der Waals surface area contributed by atoms with Crippen LogP contribution in [0.25, 0.3) is 0 Å². The molecule has 9 atom stereocenters. The van der Waals surface area contributed by atoms with Crippen LogP contribution in [0.4, 0.5) is 0 Å². The van der Waals surface area contributed by atoms with Crippen molar-refractivity contribution in [2.24, 2.45) is 23.1 Å². The van der Waals surface area contributed by atoms with Gasteiger partial charge < -0.3 is 84.9 Å². The van der Waals surface area contributed by atoms with E-state index in [2.05, 4.69) is 37.2 Å². The number of hydrogen-bond donors (Lipinski definition) is 15. The predicted octanol–water partition coefficient (Wildman–Crippen LogP) is -3.40. The molecule has 1 fully saturated rings. The highest BCUT2D eigenvalue weighted by atomic mass is 16.4. The van der Waals surface area contributed by atoms with Crippen LogP contribution in [0, 0.1) is 5.92 Å². The summed E-state index contributed by atoms with van der Waals surface area (Å²) in [5, 5.41) is 67.0. The minimum atomic E-state index is -1.73. The van der Waals surface area contributed by atoms with E-state index in [1.165, 1.54) is 53.4 Å². The van der Waals surface area contributed by atoms with Crippen LogP contribution in [0.3, 0.4) is 0 Å². The van der Waals surface area contributed by atoms with Crippen LogP contribution in [0.15, 0.2) is 48.5 Å². The van der Waals surface area contributed by atoms with Gasteiger partial charge >= 0.3 is 5.97 Å². The first kappa shape index (κ1) is 61.4. The second-order valence-electron chi connectivity index (χ2n) is 18.2. The summed E-state index contributed by atoms with van der Waals surface area (Å²) in [5.74, 6) is -8.81. The van der Waals surface area contributed by atoms with E-state index >= 15 is 0 Å². The molecule has 0 spiro atoms. The molecule has 1 heterocycles. The predicted molar refractivity (Wildman–Crippen MR) is 268 cm³/mol. The van der Waals surface area contributed by atoms with Crippen molar-refractivity contribution >= 4 is 53.2 Å². The van der Waals surface area contributed by atoms with Gasteiger partial charge in [0.1, 0.15) is 59.8 Å². The van der Waals surface area contributed by atoms with Crippen molar-refractivity contribution in [2.45, 2.75) is 133 Å². The number of carbonyl (C=O) groups is 9. The molecule has 1 aliphatic heterocycles. The van der Waals surface area contributed by atoms with Crippen LogP contribution in [-0.2, 0) is 56.0 Å². The second kappa shape index (κ2) is 31.6. The summed E-state index contributed by atoms with van der Waals surface area (Å²) in [6, 6.07) is 0.323. The van der Waals surface area contributed by atoms with Gasteiger partial charge in [-0.15, -0.1) is 0 Å². The molecule has 1 aliphatic rings. The van der Waals surface area contributed by atoms with E-state index in [1.54, 1.807) is 13.8 Å². The number of carboxylic acids is 1. The van der Waals surface area contributed by atoms with Crippen LogP contribution in [-0.4, -0.2) is 171 Å². The normalized spacial score (nSPS) is 16.4. The number of rotatable bonds is 32. The third kappa shape index (κ3) is 19.5. The Kier molecular flexibility index (Phi) is 26.2. The molecule has 1 saturated heterocycles. The Labute approximate surface area is 429 Å². The fourth-order valence-corrected chi connectivity index (χ4v) is 8.09. The fraction of sp³-hybridized carbons (Fsp3) is 0.571. The van der Waals surface area contributed by atoms with E-state index in [1.807, 2.05) is 0 Å². The minimum Gasteiger partial charge on any atom is -0.508 e. The highest BCUT2D eigenvalue weighted by molar-refractivity contribution is 5.98. The Balaban J connectivity index is 1.90. The van der Waals surface area contributed by atoms with Gasteiger partial charge in [0.05, 0.1) is 19.8 Å². The summed E-state index contributed by atoms with van der Waals surface area (Å²) in [6.45, 7) is 1.89. The van der Waals surface area contributed by atoms with Crippen LogP contribution in [0.5, 0.6) is 11.5 Å². The number of aromatic hydroxyl groups is 2. The molecule has 0 saturated carbocycles. The van der Waals surface area contributed by atoms with E-state index in [-0.39, 0.29) is 63.4 Å². The highest BCUT2D eigenvalue weighted by Crippen LogP contribution is 2.19. The van der Waals surface area contributed by atoms with Gasteiger partial charge in [-0.25, -0.2) is 4.79 Å². The van der Waals surface area contributed by atoms with Crippen molar-refractivity contribution in [3.63, 3.8) is 0 Å². The molecule has 410 valence electrons. The number of nitrogens with two attached hydrogens (primary N) is 3.